The van der Waals surface area contributed by atoms with Crippen molar-refractivity contribution in [3.8, 4) is 34.4 Å². The van der Waals surface area contributed by atoms with E-state index in [1.807, 2.05) is 12.4 Å². The van der Waals surface area contributed by atoms with Gasteiger partial charge in [0.1, 0.15) is 11.6 Å². The van der Waals surface area contributed by atoms with Gasteiger partial charge < -0.3 is 20.6 Å². The average Bonchev–Trinajstić information content (AvgIpc) is 3.28. The second kappa shape index (κ2) is 10.9. The molecule has 6 heteroatoms. The molecule has 5 rings (SSSR count). The van der Waals surface area contributed by atoms with Gasteiger partial charge in [0.15, 0.2) is 0 Å². The average molecular weight is 479 g/mol. The number of imidazole rings is 2. The van der Waals surface area contributed by atoms with Crippen molar-refractivity contribution in [1.82, 2.24) is 30.6 Å². The van der Waals surface area contributed by atoms with Crippen LogP contribution in [0, 0.1) is 17.8 Å². The number of hydrogen-bond donors (Lipinski definition) is 4. The molecule has 3 atom stereocenters. The lowest BCUT2D eigenvalue weighted by molar-refractivity contribution is 0.525. The highest BCUT2D eigenvalue weighted by molar-refractivity contribution is 5.62. The molecule has 4 aromatic rings. The summed E-state index contributed by atoms with van der Waals surface area (Å²) in [5.41, 5.74) is 6.24. The molecule has 0 spiro atoms. The number of nitrogens with zero attached hydrogens (tertiary/aromatic N) is 2. The van der Waals surface area contributed by atoms with Crippen molar-refractivity contribution in [3.05, 3.63) is 83.7 Å². The fourth-order valence-corrected chi connectivity index (χ4v) is 4.06. The van der Waals surface area contributed by atoms with Gasteiger partial charge in [-0.05, 0) is 61.1 Å². The standard InChI is InChI=1S/C30H34N6/c1-4-21(3)31-18-29-33-16-27(35-29)24-11-7-22(8-12-24)5-6-23-9-13-25(14-10-23)28-17-34-30(36-28)19-32-26-15-20(26)2/h7-14,16-17,20-21,26,31-32H,4,15,18-19H2,1-3H3,(H,33,35)(H,34,36)/t20-,21-,26+/m0/s1. The second-order valence-electron chi connectivity index (χ2n) is 9.78. The predicted octanol–water partition coefficient (Wildman–Crippen LogP) is 5.25. The molecule has 0 saturated heterocycles. The van der Waals surface area contributed by atoms with E-state index in [0.717, 1.165) is 70.7 Å². The van der Waals surface area contributed by atoms with E-state index in [1.165, 1.54) is 6.42 Å². The summed E-state index contributed by atoms with van der Waals surface area (Å²) >= 11 is 0. The molecule has 1 fully saturated rings. The minimum atomic E-state index is 0.481. The van der Waals surface area contributed by atoms with Gasteiger partial charge in [0.25, 0.3) is 0 Å². The molecule has 184 valence electrons. The van der Waals surface area contributed by atoms with E-state index in [4.69, 9.17) is 0 Å². The van der Waals surface area contributed by atoms with Crippen molar-refractivity contribution in [2.45, 2.75) is 58.8 Å². The fourth-order valence-electron chi connectivity index (χ4n) is 4.06. The molecule has 0 bridgehead atoms. The molecule has 6 nitrogen and oxygen atoms in total. The predicted molar refractivity (Wildman–Crippen MR) is 145 cm³/mol. The molecule has 2 heterocycles. The highest BCUT2D eigenvalue weighted by Gasteiger charge is 2.31. The zero-order chi connectivity index (χ0) is 24.9. The van der Waals surface area contributed by atoms with Gasteiger partial charge >= 0.3 is 0 Å². The van der Waals surface area contributed by atoms with Gasteiger partial charge in [-0.15, -0.1) is 0 Å². The van der Waals surface area contributed by atoms with Gasteiger partial charge in [0, 0.05) is 23.2 Å². The first-order valence-electron chi connectivity index (χ1n) is 12.8. The summed E-state index contributed by atoms with van der Waals surface area (Å²) in [5.74, 6) is 9.26. The summed E-state index contributed by atoms with van der Waals surface area (Å²) in [6, 6.07) is 17.7. The summed E-state index contributed by atoms with van der Waals surface area (Å²) in [6.07, 6.45) is 6.16. The number of aromatic amines is 2. The molecule has 2 aromatic heterocycles. The normalized spacial score (nSPS) is 17.4. The Morgan fingerprint density at radius 2 is 1.36 bits per heavy atom. The molecule has 1 saturated carbocycles. The summed E-state index contributed by atoms with van der Waals surface area (Å²) in [5, 5.41) is 6.99. The van der Waals surface area contributed by atoms with Crippen molar-refractivity contribution in [2.24, 2.45) is 5.92 Å². The van der Waals surface area contributed by atoms with E-state index in [1.54, 1.807) is 0 Å². The van der Waals surface area contributed by atoms with Crippen LogP contribution in [-0.4, -0.2) is 32.0 Å². The summed E-state index contributed by atoms with van der Waals surface area (Å²) in [7, 11) is 0. The monoisotopic (exact) mass is 478 g/mol. The topological polar surface area (TPSA) is 81.4 Å². The molecular weight excluding hydrogens is 444 g/mol. The lowest BCUT2D eigenvalue weighted by Gasteiger charge is -2.08. The molecule has 0 amide bonds. The van der Waals surface area contributed by atoms with Crippen LogP contribution in [0.3, 0.4) is 0 Å². The van der Waals surface area contributed by atoms with Crippen LogP contribution in [0.1, 0.15) is 56.4 Å². The quantitative estimate of drug-likeness (QED) is 0.248. The Hall–Kier alpha value is -3.66. The van der Waals surface area contributed by atoms with Crippen molar-refractivity contribution < 1.29 is 0 Å². The van der Waals surface area contributed by atoms with Crippen molar-refractivity contribution >= 4 is 0 Å². The summed E-state index contributed by atoms with van der Waals surface area (Å²) < 4.78 is 0. The van der Waals surface area contributed by atoms with Crippen LogP contribution >= 0.6 is 0 Å². The molecule has 0 radical (unpaired) electrons. The zero-order valence-corrected chi connectivity index (χ0v) is 21.2. The molecular formula is C30H34N6. The first-order valence-corrected chi connectivity index (χ1v) is 12.8. The van der Waals surface area contributed by atoms with Crippen LogP contribution in [0.2, 0.25) is 0 Å². The first kappa shape index (κ1) is 24.1. The maximum atomic E-state index is 4.51. The largest absolute Gasteiger partial charge is 0.341 e. The lowest BCUT2D eigenvalue weighted by Crippen LogP contribution is -2.24. The van der Waals surface area contributed by atoms with E-state index in [2.05, 4.69) is 112 Å². The molecule has 0 unspecified atom stereocenters. The highest BCUT2D eigenvalue weighted by atomic mass is 15.0. The molecule has 2 aromatic carbocycles. The van der Waals surface area contributed by atoms with Gasteiger partial charge in [-0.1, -0.05) is 50.0 Å². The van der Waals surface area contributed by atoms with Crippen LogP contribution in [0.5, 0.6) is 0 Å². The highest BCUT2D eigenvalue weighted by Crippen LogP contribution is 2.29. The van der Waals surface area contributed by atoms with Crippen molar-refractivity contribution in [2.75, 3.05) is 0 Å². The number of benzene rings is 2. The minimum absolute atomic E-state index is 0.481. The number of H-pyrrole nitrogens is 2. The van der Waals surface area contributed by atoms with Crippen LogP contribution in [-0.2, 0) is 13.1 Å². The Bertz CT molecular complexity index is 1240. The van der Waals surface area contributed by atoms with Crippen LogP contribution in [0.25, 0.3) is 22.5 Å². The van der Waals surface area contributed by atoms with Gasteiger partial charge in [-0.25, -0.2) is 9.97 Å². The van der Waals surface area contributed by atoms with E-state index in [0.29, 0.717) is 12.1 Å². The van der Waals surface area contributed by atoms with Crippen LogP contribution < -0.4 is 10.6 Å². The van der Waals surface area contributed by atoms with Gasteiger partial charge in [-0.3, -0.25) is 0 Å². The zero-order valence-electron chi connectivity index (χ0n) is 21.2. The third-order valence-corrected chi connectivity index (χ3v) is 6.87. The third kappa shape index (κ3) is 6.12. The lowest BCUT2D eigenvalue weighted by atomic mass is 10.1. The van der Waals surface area contributed by atoms with E-state index < -0.39 is 0 Å². The van der Waals surface area contributed by atoms with E-state index in [9.17, 15) is 0 Å². The van der Waals surface area contributed by atoms with Gasteiger partial charge in [-0.2, -0.15) is 0 Å². The van der Waals surface area contributed by atoms with E-state index in [-0.39, 0.29) is 0 Å². The maximum Gasteiger partial charge on any atom is 0.120 e. The van der Waals surface area contributed by atoms with Gasteiger partial charge in [0.05, 0.1) is 36.9 Å². The molecule has 0 aliphatic heterocycles. The fraction of sp³-hybridized carbons (Fsp3) is 0.333. The summed E-state index contributed by atoms with van der Waals surface area (Å²) in [6.45, 7) is 8.16. The van der Waals surface area contributed by atoms with Crippen LogP contribution in [0.4, 0.5) is 0 Å². The number of nitrogens with one attached hydrogen (secondary N) is 4. The second-order valence-corrected chi connectivity index (χ2v) is 9.78. The maximum absolute atomic E-state index is 4.51. The third-order valence-electron chi connectivity index (χ3n) is 6.87. The molecule has 4 N–H and O–H groups in total. The Balaban J connectivity index is 1.17. The van der Waals surface area contributed by atoms with E-state index >= 15 is 0 Å². The number of aromatic nitrogens is 4. The van der Waals surface area contributed by atoms with Crippen molar-refractivity contribution in [1.29, 1.82) is 0 Å². The SMILES string of the molecule is CC[C@H](C)NCc1ncc(-c2ccc(C#Cc3ccc(-c4cnc(CN[C@@H]5C[C@@H]5C)[nH]4)cc3)cc2)[nH]1. The Morgan fingerprint density at radius 3 is 1.83 bits per heavy atom. The summed E-state index contributed by atoms with van der Waals surface area (Å²) in [4.78, 5) is 15.8. The molecule has 1 aliphatic rings. The Morgan fingerprint density at radius 1 is 0.861 bits per heavy atom. The Kier molecular flexibility index (Phi) is 7.31. The smallest absolute Gasteiger partial charge is 0.120 e. The first-order chi connectivity index (χ1) is 17.6. The number of hydrogen-bond acceptors (Lipinski definition) is 4. The van der Waals surface area contributed by atoms with Crippen LogP contribution in [0.15, 0.2) is 60.9 Å². The molecule has 36 heavy (non-hydrogen) atoms. The minimum Gasteiger partial charge on any atom is -0.341 e. The Labute approximate surface area is 213 Å². The van der Waals surface area contributed by atoms with Crippen molar-refractivity contribution in [3.63, 3.8) is 0 Å². The van der Waals surface area contributed by atoms with Gasteiger partial charge in [0.2, 0.25) is 0 Å². The number of rotatable bonds is 9. The molecule has 1 aliphatic carbocycles.